The molecule has 7 nitrogen and oxygen atoms in total. The van der Waals surface area contributed by atoms with Crippen molar-refractivity contribution in [3.05, 3.63) is 77.9 Å². The lowest BCUT2D eigenvalue weighted by Gasteiger charge is -2.32. The average molecular weight is 496 g/mol. The Kier molecular flexibility index (Phi) is 8.64. The monoisotopic (exact) mass is 495 g/mol. The molecular formula is C27H33N3O4S. The van der Waals surface area contributed by atoms with Crippen LogP contribution in [0.1, 0.15) is 31.4 Å². The molecule has 0 aliphatic heterocycles. The van der Waals surface area contributed by atoms with E-state index in [9.17, 15) is 18.0 Å². The number of fused-ring (bicyclic) bond motifs is 1. The number of likely N-dealkylation sites (N-methyl/N-ethyl adjacent to an activating group) is 2. The Morgan fingerprint density at radius 3 is 2.31 bits per heavy atom. The van der Waals surface area contributed by atoms with Gasteiger partial charge in [-0.05, 0) is 48.7 Å². The second kappa shape index (κ2) is 11.5. The number of rotatable bonds is 10. The number of nitrogens with zero attached hydrogens (tertiary/aromatic N) is 2. The lowest BCUT2D eigenvalue weighted by atomic mass is 10.1. The van der Waals surface area contributed by atoms with Crippen molar-refractivity contribution in [2.24, 2.45) is 0 Å². The fourth-order valence-corrected chi connectivity index (χ4v) is 5.25. The lowest BCUT2D eigenvalue weighted by molar-refractivity contribution is -0.141. The molecule has 0 heterocycles. The Labute approximate surface area is 207 Å². The Morgan fingerprint density at radius 2 is 1.66 bits per heavy atom. The van der Waals surface area contributed by atoms with Crippen LogP contribution >= 0.6 is 0 Å². The Hall–Kier alpha value is -3.23. The van der Waals surface area contributed by atoms with Gasteiger partial charge in [0.05, 0.1) is 11.4 Å². The fraction of sp³-hybridized carbons (Fsp3) is 0.333. The minimum absolute atomic E-state index is 0.118. The summed E-state index contributed by atoms with van der Waals surface area (Å²) >= 11 is 0. The molecule has 3 aromatic carbocycles. The van der Waals surface area contributed by atoms with E-state index in [-0.39, 0.29) is 23.9 Å². The number of amides is 2. The second-order valence-corrected chi connectivity index (χ2v) is 10.6. The molecule has 0 saturated carbocycles. The van der Waals surface area contributed by atoms with Crippen molar-refractivity contribution < 1.29 is 18.0 Å². The van der Waals surface area contributed by atoms with Gasteiger partial charge in [0, 0.05) is 20.1 Å². The maximum Gasteiger partial charge on any atom is 0.243 e. The number of carbonyl (C=O) groups is 2. The van der Waals surface area contributed by atoms with Crippen molar-refractivity contribution in [2.45, 2.75) is 44.7 Å². The molecule has 0 aliphatic rings. The molecule has 186 valence electrons. The van der Waals surface area contributed by atoms with Crippen LogP contribution in [0.2, 0.25) is 0 Å². The van der Waals surface area contributed by atoms with Crippen LogP contribution in [-0.4, -0.2) is 55.6 Å². The highest BCUT2D eigenvalue weighted by Gasteiger charge is 2.31. The van der Waals surface area contributed by atoms with Gasteiger partial charge in [0.15, 0.2) is 0 Å². The zero-order valence-electron chi connectivity index (χ0n) is 20.7. The molecule has 0 aliphatic carbocycles. The SMILES string of the molecule is CCNC(=O)[C@@H](CC)N(Cc1cccc(C)c1)C(=O)CN(C)S(=O)(=O)c1ccc2ccccc2c1. The third kappa shape index (κ3) is 6.26. The molecule has 1 atom stereocenters. The molecule has 0 fully saturated rings. The van der Waals surface area contributed by atoms with Crippen LogP contribution in [0.5, 0.6) is 0 Å². The van der Waals surface area contributed by atoms with Crippen molar-refractivity contribution in [3.8, 4) is 0 Å². The van der Waals surface area contributed by atoms with Crippen LogP contribution in [0, 0.1) is 6.92 Å². The van der Waals surface area contributed by atoms with Crippen LogP contribution in [0.3, 0.4) is 0 Å². The summed E-state index contributed by atoms with van der Waals surface area (Å²) in [5, 5.41) is 4.53. The smallest absolute Gasteiger partial charge is 0.243 e. The normalized spacial score (nSPS) is 12.5. The summed E-state index contributed by atoms with van der Waals surface area (Å²) in [5.74, 6) is -0.687. The van der Waals surface area contributed by atoms with Crippen LogP contribution in [-0.2, 0) is 26.2 Å². The van der Waals surface area contributed by atoms with E-state index in [1.54, 1.807) is 18.2 Å². The van der Waals surface area contributed by atoms with Crippen LogP contribution in [0.25, 0.3) is 10.8 Å². The van der Waals surface area contributed by atoms with Gasteiger partial charge >= 0.3 is 0 Å². The van der Waals surface area contributed by atoms with Gasteiger partial charge in [-0.3, -0.25) is 9.59 Å². The summed E-state index contributed by atoms with van der Waals surface area (Å²) < 4.78 is 27.6. The van der Waals surface area contributed by atoms with Gasteiger partial charge < -0.3 is 10.2 Å². The lowest BCUT2D eigenvalue weighted by Crippen LogP contribution is -2.51. The predicted molar refractivity (Wildman–Crippen MR) is 138 cm³/mol. The molecular weight excluding hydrogens is 462 g/mol. The van der Waals surface area contributed by atoms with Crippen LogP contribution < -0.4 is 5.32 Å². The van der Waals surface area contributed by atoms with E-state index in [0.29, 0.717) is 13.0 Å². The summed E-state index contributed by atoms with van der Waals surface area (Å²) in [6.07, 6.45) is 0.407. The first kappa shape index (κ1) is 26.4. The quantitative estimate of drug-likeness (QED) is 0.465. The van der Waals surface area contributed by atoms with Gasteiger partial charge in [0.25, 0.3) is 0 Å². The molecule has 3 aromatic rings. The molecule has 0 radical (unpaired) electrons. The van der Waals surface area contributed by atoms with E-state index in [0.717, 1.165) is 26.2 Å². The second-order valence-electron chi connectivity index (χ2n) is 8.60. The summed E-state index contributed by atoms with van der Waals surface area (Å²) in [5.41, 5.74) is 1.91. The van der Waals surface area contributed by atoms with Crippen molar-refractivity contribution in [2.75, 3.05) is 20.1 Å². The van der Waals surface area contributed by atoms with Gasteiger partial charge in [0.2, 0.25) is 21.8 Å². The first-order valence-electron chi connectivity index (χ1n) is 11.7. The molecule has 35 heavy (non-hydrogen) atoms. The number of nitrogens with one attached hydrogen (secondary N) is 1. The summed E-state index contributed by atoms with van der Waals surface area (Å²) in [7, 11) is -2.53. The maximum absolute atomic E-state index is 13.5. The highest BCUT2D eigenvalue weighted by atomic mass is 32.2. The third-order valence-electron chi connectivity index (χ3n) is 5.96. The number of aryl methyl sites for hydroxylation is 1. The van der Waals surface area contributed by atoms with E-state index < -0.39 is 22.0 Å². The zero-order valence-corrected chi connectivity index (χ0v) is 21.5. The molecule has 3 rings (SSSR count). The summed E-state index contributed by atoms with van der Waals surface area (Å²) in [6.45, 7) is 5.89. The topological polar surface area (TPSA) is 86.8 Å². The highest BCUT2D eigenvalue weighted by Crippen LogP contribution is 2.22. The molecule has 0 saturated heterocycles. The fourth-order valence-electron chi connectivity index (χ4n) is 4.09. The largest absolute Gasteiger partial charge is 0.355 e. The zero-order chi connectivity index (χ0) is 25.6. The molecule has 0 unspecified atom stereocenters. The van der Waals surface area contributed by atoms with Gasteiger partial charge in [-0.25, -0.2) is 8.42 Å². The van der Waals surface area contributed by atoms with Gasteiger partial charge in [-0.15, -0.1) is 0 Å². The summed E-state index contributed by atoms with van der Waals surface area (Å²) in [4.78, 5) is 27.8. The molecule has 1 N–H and O–H groups in total. The average Bonchev–Trinajstić information content (AvgIpc) is 2.83. The van der Waals surface area contributed by atoms with Gasteiger partial charge in [-0.2, -0.15) is 4.31 Å². The van der Waals surface area contributed by atoms with E-state index in [1.807, 2.05) is 69.3 Å². The first-order valence-corrected chi connectivity index (χ1v) is 13.2. The Bertz CT molecular complexity index is 1310. The number of hydrogen-bond donors (Lipinski definition) is 1. The molecule has 8 heteroatoms. The number of hydrogen-bond acceptors (Lipinski definition) is 4. The number of benzene rings is 3. The van der Waals surface area contributed by atoms with E-state index in [1.165, 1.54) is 11.9 Å². The van der Waals surface area contributed by atoms with Crippen molar-refractivity contribution in [1.82, 2.24) is 14.5 Å². The van der Waals surface area contributed by atoms with Gasteiger partial charge in [-0.1, -0.05) is 67.1 Å². The first-order chi connectivity index (χ1) is 16.7. The predicted octanol–water partition coefficient (Wildman–Crippen LogP) is 3.71. The molecule has 0 spiro atoms. The molecule has 0 aromatic heterocycles. The number of carbonyl (C=O) groups excluding carboxylic acids is 2. The minimum atomic E-state index is -3.92. The number of sulfonamides is 1. The van der Waals surface area contributed by atoms with Crippen LogP contribution in [0.4, 0.5) is 0 Å². The molecule has 2 amide bonds. The van der Waals surface area contributed by atoms with E-state index in [2.05, 4.69) is 5.32 Å². The highest BCUT2D eigenvalue weighted by molar-refractivity contribution is 7.89. The van der Waals surface area contributed by atoms with Crippen molar-refractivity contribution in [1.29, 1.82) is 0 Å². The molecule has 0 bridgehead atoms. The van der Waals surface area contributed by atoms with E-state index >= 15 is 0 Å². The maximum atomic E-state index is 13.5. The van der Waals surface area contributed by atoms with Crippen LogP contribution in [0.15, 0.2) is 71.6 Å². The van der Waals surface area contributed by atoms with E-state index in [4.69, 9.17) is 0 Å². The minimum Gasteiger partial charge on any atom is -0.355 e. The third-order valence-corrected chi connectivity index (χ3v) is 7.76. The van der Waals surface area contributed by atoms with Gasteiger partial charge in [0.1, 0.15) is 6.04 Å². The van der Waals surface area contributed by atoms with Crippen molar-refractivity contribution in [3.63, 3.8) is 0 Å². The Morgan fingerprint density at radius 1 is 0.943 bits per heavy atom. The standard InChI is InChI=1S/C27H33N3O4S/c1-5-25(27(32)28-6-2)30(18-21-11-9-10-20(3)16-21)26(31)19-29(4)35(33,34)24-15-14-22-12-7-8-13-23(22)17-24/h7-17,25H,5-6,18-19H2,1-4H3,(H,28,32)/t25-/m1/s1. The van der Waals surface area contributed by atoms with Crippen molar-refractivity contribution >= 4 is 32.6 Å². The summed E-state index contributed by atoms with van der Waals surface area (Å²) in [6, 6.07) is 19.4. The Balaban J connectivity index is 1.88.